The van der Waals surface area contributed by atoms with Crippen LogP contribution in [-0.4, -0.2) is 43.7 Å². The van der Waals surface area contributed by atoms with Crippen molar-refractivity contribution in [2.45, 2.75) is 25.3 Å². The van der Waals surface area contributed by atoms with E-state index >= 15 is 0 Å². The Bertz CT molecular complexity index is 262. The fraction of sp³-hybridized carbons (Fsp3) is 0.800. The maximum atomic E-state index is 11.5. The van der Waals surface area contributed by atoms with Crippen molar-refractivity contribution in [3.05, 3.63) is 0 Å². The summed E-state index contributed by atoms with van der Waals surface area (Å²) in [7, 11) is 0. The molecule has 16 heavy (non-hydrogen) atoms. The molecule has 1 aliphatic heterocycles. The van der Waals surface area contributed by atoms with E-state index in [0.29, 0.717) is 13.2 Å². The molecule has 0 unspecified atom stereocenters. The van der Waals surface area contributed by atoms with Crippen molar-refractivity contribution in [1.82, 2.24) is 10.6 Å². The van der Waals surface area contributed by atoms with Crippen molar-refractivity contribution in [3.63, 3.8) is 0 Å². The zero-order valence-electron chi connectivity index (χ0n) is 9.54. The number of amides is 2. The first kappa shape index (κ1) is 12.9. The molecule has 0 aliphatic carbocycles. The van der Waals surface area contributed by atoms with Crippen molar-refractivity contribution in [1.29, 1.82) is 0 Å². The van der Waals surface area contributed by atoms with E-state index in [1.165, 1.54) is 0 Å². The molecule has 0 aromatic carbocycles. The quantitative estimate of drug-likeness (QED) is 0.561. The number of hydrogen-bond acceptors (Lipinski definition) is 4. The predicted octanol–water partition coefficient (Wildman–Crippen LogP) is -1.25. The third-order valence-corrected chi connectivity index (χ3v) is 2.67. The fourth-order valence-electron chi connectivity index (χ4n) is 1.58. The van der Waals surface area contributed by atoms with E-state index in [-0.39, 0.29) is 30.4 Å². The maximum absolute atomic E-state index is 11.5. The van der Waals surface area contributed by atoms with Gasteiger partial charge in [-0.3, -0.25) is 9.59 Å². The lowest BCUT2D eigenvalue weighted by molar-refractivity contribution is -0.127. The van der Waals surface area contributed by atoms with E-state index in [4.69, 9.17) is 10.5 Å². The highest BCUT2D eigenvalue weighted by molar-refractivity contribution is 5.85. The van der Waals surface area contributed by atoms with Gasteiger partial charge >= 0.3 is 0 Å². The Labute approximate surface area is 94.9 Å². The number of nitrogens with one attached hydrogen (secondary N) is 2. The van der Waals surface area contributed by atoms with Gasteiger partial charge in [-0.1, -0.05) is 0 Å². The van der Waals surface area contributed by atoms with Crippen LogP contribution in [0.4, 0.5) is 0 Å². The SMILES string of the molecule is CC1(NC(=O)CNC(=O)CN)CCOCC1. The highest BCUT2D eigenvalue weighted by Gasteiger charge is 2.28. The van der Waals surface area contributed by atoms with E-state index in [9.17, 15) is 9.59 Å². The molecule has 2 amide bonds. The van der Waals surface area contributed by atoms with Gasteiger partial charge in [0, 0.05) is 18.8 Å². The lowest BCUT2D eigenvalue weighted by atomic mass is 9.92. The second-order valence-electron chi connectivity index (χ2n) is 4.20. The molecule has 0 spiro atoms. The number of ether oxygens (including phenoxy) is 1. The molecule has 1 fully saturated rings. The number of hydrogen-bond donors (Lipinski definition) is 3. The summed E-state index contributed by atoms with van der Waals surface area (Å²) in [5.41, 5.74) is 4.89. The standard InChI is InChI=1S/C10H19N3O3/c1-10(2-4-16-5-3-10)13-9(15)7-12-8(14)6-11/h2-7,11H2,1H3,(H,12,14)(H,13,15). The molecule has 6 nitrogen and oxygen atoms in total. The molecule has 0 atom stereocenters. The van der Waals surface area contributed by atoms with Gasteiger partial charge in [-0.25, -0.2) is 0 Å². The van der Waals surface area contributed by atoms with Crippen LogP contribution in [0, 0.1) is 0 Å². The molecule has 92 valence electrons. The molecular weight excluding hydrogens is 210 g/mol. The Kier molecular flexibility index (Phi) is 4.70. The average Bonchev–Trinajstić information content (AvgIpc) is 2.26. The number of carbonyl (C=O) groups is 2. The minimum atomic E-state index is -0.327. The van der Waals surface area contributed by atoms with Gasteiger partial charge in [0.25, 0.3) is 0 Å². The third kappa shape index (κ3) is 4.16. The van der Waals surface area contributed by atoms with Crippen LogP contribution in [0.5, 0.6) is 0 Å². The van der Waals surface area contributed by atoms with Crippen LogP contribution < -0.4 is 16.4 Å². The summed E-state index contributed by atoms with van der Waals surface area (Å²) in [6, 6.07) is 0. The Morgan fingerprint density at radius 2 is 1.94 bits per heavy atom. The molecule has 1 saturated heterocycles. The van der Waals surface area contributed by atoms with E-state index < -0.39 is 0 Å². The highest BCUT2D eigenvalue weighted by atomic mass is 16.5. The van der Waals surface area contributed by atoms with Crippen LogP contribution in [0.1, 0.15) is 19.8 Å². The van der Waals surface area contributed by atoms with Crippen molar-refractivity contribution in [2.24, 2.45) is 5.73 Å². The smallest absolute Gasteiger partial charge is 0.239 e. The summed E-state index contributed by atoms with van der Waals surface area (Å²) < 4.78 is 5.22. The molecule has 0 radical (unpaired) electrons. The highest BCUT2D eigenvalue weighted by Crippen LogP contribution is 2.19. The molecule has 4 N–H and O–H groups in total. The molecule has 1 aliphatic rings. The van der Waals surface area contributed by atoms with Gasteiger partial charge < -0.3 is 21.1 Å². The van der Waals surface area contributed by atoms with Crippen LogP contribution in [-0.2, 0) is 14.3 Å². The minimum absolute atomic E-state index is 0.0213. The van der Waals surface area contributed by atoms with E-state index in [1.807, 2.05) is 6.92 Å². The second kappa shape index (κ2) is 5.81. The van der Waals surface area contributed by atoms with Crippen LogP contribution in [0.3, 0.4) is 0 Å². The van der Waals surface area contributed by atoms with Crippen molar-refractivity contribution >= 4 is 11.8 Å². The van der Waals surface area contributed by atoms with E-state index in [1.54, 1.807) is 0 Å². The molecule has 0 bridgehead atoms. The monoisotopic (exact) mass is 229 g/mol. The molecule has 1 rings (SSSR count). The topological polar surface area (TPSA) is 93.5 Å². The van der Waals surface area contributed by atoms with Gasteiger partial charge in [0.1, 0.15) is 0 Å². The molecule has 0 saturated carbocycles. The number of carbonyl (C=O) groups excluding carboxylic acids is 2. The van der Waals surface area contributed by atoms with E-state index in [2.05, 4.69) is 10.6 Å². The zero-order valence-corrected chi connectivity index (χ0v) is 9.54. The summed E-state index contributed by atoms with van der Waals surface area (Å²) in [5, 5.41) is 5.33. The first-order chi connectivity index (χ1) is 7.56. The maximum Gasteiger partial charge on any atom is 0.239 e. The van der Waals surface area contributed by atoms with Crippen LogP contribution in [0.15, 0.2) is 0 Å². The molecular formula is C10H19N3O3. The Hall–Kier alpha value is -1.14. The second-order valence-corrected chi connectivity index (χ2v) is 4.20. The normalized spacial score (nSPS) is 18.9. The Morgan fingerprint density at radius 1 is 1.31 bits per heavy atom. The molecule has 0 aromatic rings. The third-order valence-electron chi connectivity index (χ3n) is 2.67. The summed E-state index contributed by atoms with van der Waals surface area (Å²) in [6.07, 6.45) is 1.59. The van der Waals surface area contributed by atoms with Crippen molar-refractivity contribution in [3.8, 4) is 0 Å². The predicted molar refractivity (Wildman–Crippen MR) is 58.7 cm³/mol. The fourth-order valence-corrected chi connectivity index (χ4v) is 1.58. The molecule has 6 heteroatoms. The summed E-state index contributed by atoms with van der Waals surface area (Å²) >= 11 is 0. The van der Waals surface area contributed by atoms with E-state index in [0.717, 1.165) is 12.8 Å². The number of rotatable bonds is 4. The lowest BCUT2D eigenvalue weighted by Crippen LogP contribution is -2.52. The van der Waals surface area contributed by atoms with Crippen molar-refractivity contribution in [2.75, 3.05) is 26.3 Å². The van der Waals surface area contributed by atoms with Gasteiger partial charge in [-0.15, -0.1) is 0 Å². The van der Waals surface area contributed by atoms with Gasteiger partial charge in [0.05, 0.1) is 13.1 Å². The first-order valence-electron chi connectivity index (χ1n) is 5.41. The summed E-state index contributed by atoms with van der Waals surface area (Å²) in [5.74, 6) is -0.515. The lowest BCUT2D eigenvalue weighted by Gasteiger charge is -2.34. The van der Waals surface area contributed by atoms with Crippen LogP contribution in [0.2, 0.25) is 0 Å². The first-order valence-corrected chi connectivity index (χ1v) is 5.41. The van der Waals surface area contributed by atoms with Gasteiger partial charge in [0.2, 0.25) is 11.8 Å². The summed E-state index contributed by atoms with van der Waals surface area (Å²) in [6.45, 7) is 3.18. The average molecular weight is 229 g/mol. The van der Waals surface area contributed by atoms with Gasteiger partial charge in [-0.05, 0) is 19.8 Å². The summed E-state index contributed by atoms with van der Waals surface area (Å²) in [4.78, 5) is 22.4. The molecule has 1 heterocycles. The zero-order chi connectivity index (χ0) is 12.0. The van der Waals surface area contributed by atoms with Crippen LogP contribution in [0.25, 0.3) is 0 Å². The van der Waals surface area contributed by atoms with Crippen molar-refractivity contribution < 1.29 is 14.3 Å². The Morgan fingerprint density at radius 3 is 2.50 bits per heavy atom. The number of nitrogens with two attached hydrogens (primary N) is 1. The Balaban J connectivity index is 2.29. The minimum Gasteiger partial charge on any atom is -0.381 e. The van der Waals surface area contributed by atoms with Crippen LogP contribution >= 0.6 is 0 Å². The molecule has 0 aromatic heterocycles. The largest absolute Gasteiger partial charge is 0.381 e. The van der Waals surface area contributed by atoms with Gasteiger partial charge in [-0.2, -0.15) is 0 Å². The van der Waals surface area contributed by atoms with Gasteiger partial charge in [0.15, 0.2) is 0 Å².